The first-order chi connectivity index (χ1) is 15.1. The van der Waals surface area contributed by atoms with Gasteiger partial charge in [0.2, 0.25) is 0 Å². The number of nitrogens with zero attached hydrogens (tertiary/aromatic N) is 3. The Morgan fingerprint density at radius 3 is 2.81 bits per heavy atom. The summed E-state index contributed by atoms with van der Waals surface area (Å²) < 4.78 is 0. The zero-order valence-corrected chi connectivity index (χ0v) is 19.9. The Morgan fingerprint density at radius 1 is 1.19 bits per heavy atom. The van der Waals surface area contributed by atoms with E-state index in [9.17, 15) is 4.79 Å². The first kappa shape index (κ1) is 23.3. The normalized spacial score (nSPS) is 13.6. The van der Waals surface area contributed by atoms with Crippen LogP contribution in [0.1, 0.15) is 57.7 Å². The van der Waals surface area contributed by atoms with Gasteiger partial charge in [0, 0.05) is 50.6 Å². The minimum atomic E-state index is 0.0331. The highest BCUT2D eigenvalue weighted by Gasteiger charge is 2.14. The Hall–Kier alpha value is -2.41. The molecule has 7 heteroatoms. The van der Waals surface area contributed by atoms with Crippen LogP contribution in [0.25, 0.3) is 0 Å². The van der Waals surface area contributed by atoms with Gasteiger partial charge in [0.1, 0.15) is 0 Å². The van der Waals surface area contributed by atoms with Crippen LogP contribution in [-0.4, -0.2) is 55.5 Å². The molecular formula is C24H35N5OS. The molecule has 1 aromatic carbocycles. The molecule has 0 unspecified atom stereocenters. The summed E-state index contributed by atoms with van der Waals surface area (Å²) in [6.07, 6.45) is 7.83. The van der Waals surface area contributed by atoms with Crippen molar-refractivity contribution in [1.82, 2.24) is 20.5 Å². The number of aryl methyl sites for hydroxylation is 3. The number of hydrogen-bond acceptors (Lipinski definition) is 4. The van der Waals surface area contributed by atoms with E-state index in [0.717, 1.165) is 62.4 Å². The van der Waals surface area contributed by atoms with Gasteiger partial charge in [0.05, 0.1) is 10.7 Å². The standard InChI is InChI=1S/C24H35N5OS/c1-4-25-24(26-15-8-13-22-28-20-11-5-6-12-21(20)31-22)27-16-14-18-9-7-10-19(17-18)23(30)29(2)3/h7,9-10,17H,4-6,8,11-16H2,1-3H3,(H2,25,26,27). The zero-order chi connectivity index (χ0) is 22.1. The average Bonchev–Trinajstić information content (AvgIpc) is 3.19. The van der Waals surface area contributed by atoms with Crippen molar-refractivity contribution in [2.24, 2.45) is 4.99 Å². The van der Waals surface area contributed by atoms with Gasteiger partial charge < -0.3 is 15.5 Å². The highest BCUT2D eigenvalue weighted by atomic mass is 32.1. The minimum Gasteiger partial charge on any atom is -0.357 e. The van der Waals surface area contributed by atoms with E-state index in [1.54, 1.807) is 19.0 Å². The third kappa shape index (κ3) is 7.06. The molecule has 2 aromatic rings. The van der Waals surface area contributed by atoms with Crippen LogP contribution in [0.4, 0.5) is 0 Å². The first-order valence-corrected chi connectivity index (χ1v) is 12.2. The fourth-order valence-electron chi connectivity index (χ4n) is 3.72. The number of carbonyl (C=O) groups is 1. The highest BCUT2D eigenvalue weighted by Crippen LogP contribution is 2.27. The summed E-state index contributed by atoms with van der Waals surface area (Å²) in [5.74, 6) is 0.882. The molecule has 1 amide bonds. The number of benzene rings is 1. The third-order valence-electron chi connectivity index (χ3n) is 5.34. The molecule has 2 N–H and O–H groups in total. The number of nitrogens with one attached hydrogen (secondary N) is 2. The Balaban J connectivity index is 1.45. The fraction of sp³-hybridized carbons (Fsp3) is 0.542. The van der Waals surface area contributed by atoms with E-state index >= 15 is 0 Å². The average molecular weight is 442 g/mol. The molecule has 0 bridgehead atoms. The third-order valence-corrected chi connectivity index (χ3v) is 6.56. The van der Waals surface area contributed by atoms with Gasteiger partial charge in [0.15, 0.2) is 5.96 Å². The molecule has 0 saturated carbocycles. The minimum absolute atomic E-state index is 0.0331. The zero-order valence-electron chi connectivity index (χ0n) is 19.0. The number of amides is 1. The number of aromatic nitrogens is 1. The van der Waals surface area contributed by atoms with E-state index in [1.807, 2.05) is 29.5 Å². The molecule has 0 spiro atoms. The summed E-state index contributed by atoms with van der Waals surface area (Å²) in [4.78, 5) is 24.8. The lowest BCUT2D eigenvalue weighted by Gasteiger charge is -2.13. The number of fused-ring (bicyclic) bond motifs is 1. The van der Waals surface area contributed by atoms with Crippen molar-refractivity contribution in [1.29, 1.82) is 0 Å². The Bertz CT molecular complexity index is 866. The van der Waals surface area contributed by atoms with Crippen LogP contribution in [0.5, 0.6) is 0 Å². The van der Waals surface area contributed by atoms with Crippen LogP contribution in [0, 0.1) is 0 Å². The topological polar surface area (TPSA) is 69.6 Å². The van der Waals surface area contributed by atoms with Crippen molar-refractivity contribution >= 4 is 23.2 Å². The summed E-state index contributed by atoms with van der Waals surface area (Å²) in [5.41, 5.74) is 3.22. The fourth-order valence-corrected chi connectivity index (χ4v) is 4.92. The second-order valence-electron chi connectivity index (χ2n) is 8.13. The predicted octanol–water partition coefficient (Wildman–Crippen LogP) is 3.45. The Labute approximate surface area is 190 Å². The van der Waals surface area contributed by atoms with Crippen molar-refractivity contribution < 1.29 is 4.79 Å². The number of rotatable bonds is 9. The number of carbonyl (C=O) groups excluding carboxylic acids is 1. The molecule has 1 aliphatic rings. The molecule has 0 radical (unpaired) electrons. The van der Waals surface area contributed by atoms with Crippen LogP contribution in [0.2, 0.25) is 0 Å². The van der Waals surface area contributed by atoms with Crippen LogP contribution in [-0.2, 0) is 25.7 Å². The van der Waals surface area contributed by atoms with Crippen molar-refractivity contribution in [3.63, 3.8) is 0 Å². The second-order valence-corrected chi connectivity index (χ2v) is 9.29. The quantitative estimate of drug-likeness (QED) is 0.355. The molecule has 0 atom stereocenters. The van der Waals surface area contributed by atoms with Crippen molar-refractivity contribution in [2.45, 2.75) is 51.9 Å². The van der Waals surface area contributed by atoms with Crippen LogP contribution in [0.3, 0.4) is 0 Å². The monoisotopic (exact) mass is 441 g/mol. The molecule has 31 heavy (non-hydrogen) atoms. The molecule has 1 aromatic heterocycles. The Morgan fingerprint density at radius 2 is 2.03 bits per heavy atom. The van der Waals surface area contributed by atoms with Crippen LogP contribution >= 0.6 is 11.3 Å². The summed E-state index contributed by atoms with van der Waals surface area (Å²) in [6.45, 7) is 4.46. The van der Waals surface area contributed by atoms with E-state index in [1.165, 1.54) is 34.8 Å². The van der Waals surface area contributed by atoms with Crippen molar-refractivity contribution in [3.05, 3.63) is 51.0 Å². The van der Waals surface area contributed by atoms with E-state index in [0.29, 0.717) is 0 Å². The molecule has 3 rings (SSSR count). The maximum atomic E-state index is 12.1. The summed E-state index contributed by atoms with van der Waals surface area (Å²) >= 11 is 1.90. The van der Waals surface area contributed by atoms with Crippen LogP contribution in [0.15, 0.2) is 29.3 Å². The number of aliphatic imine (C=N–C) groups is 1. The molecule has 1 aliphatic carbocycles. The molecule has 0 fully saturated rings. The van der Waals surface area contributed by atoms with Gasteiger partial charge in [-0.3, -0.25) is 9.79 Å². The van der Waals surface area contributed by atoms with Gasteiger partial charge in [-0.1, -0.05) is 12.1 Å². The largest absolute Gasteiger partial charge is 0.357 e. The van der Waals surface area contributed by atoms with Crippen LogP contribution < -0.4 is 10.6 Å². The number of hydrogen-bond donors (Lipinski definition) is 2. The molecule has 0 aliphatic heterocycles. The molecule has 1 heterocycles. The van der Waals surface area contributed by atoms with Gasteiger partial charge in [-0.25, -0.2) is 4.98 Å². The van der Waals surface area contributed by atoms with Crippen molar-refractivity contribution in [2.75, 3.05) is 33.7 Å². The lowest BCUT2D eigenvalue weighted by molar-refractivity contribution is 0.0827. The lowest BCUT2D eigenvalue weighted by Crippen LogP contribution is -2.38. The summed E-state index contributed by atoms with van der Waals surface area (Å²) in [6, 6.07) is 7.85. The van der Waals surface area contributed by atoms with Gasteiger partial charge in [0.25, 0.3) is 5.91 Å². The maximum absolute atomic E-state index is 12.1. The van der Waals surface area contributed by atoms with E-state index < -0.39 is 0 Å². The number of thiazole rings is 1. The summed E-state index contributed by atoms with van der Waals surface area (Å²) in [7, 11) is 3.55. The highest BCUT2D eigenvalue weighted by molar-refractivity contribution is 7.11. The van der Waals surface area contributed by atoms with E-state index in [2.05, 4.69) is 23.6 Å². The van der Waals surface area contributed by atoms with Gasteiger partial charge >= 0.3 is 0 Å². The van der Waals surface area contributed by atoms with Crippen molar-refractivity contribution in [3.8, 4) is 0 Å². The number of guanidine groups is 1. The van der Waals surface area contributed by atoms with Gasteiger partial charge in [-0.05, 0) is 63.1 Å². The van der Waals surface area contributed by atoms with E-state index in [4.69, 9.17) is 9.98 Å². The SMILES string of the molecule is CCNC(=NCCCc1nc2c(s1)CCCC2)NCCc1cccc(C(=O)N(C)C)c1. The van der Waals surface area contributed by atoms with Gasteiger partial charge in [-0.2, -0.15) is 0 Å². The van der Waals surface area contributed by atoms with E-state index in [-0.39, 0.29) is 5.91 Å². The van der Waals surface area contributed by atoms with Gasteiger partial charge in [-0.15, -0.1) is 11.3 Å². The predicted molar refractivity (Wildman–Crippen MR) is 129 cm³/mol. The Kier molecular flexibility index (Phi) is 8.88. The molecule has 168 valence electrons. The first-order valence-electron chi connectivity index (χ1n) is 11.4. The molecular weight excluding hydrogens is 406 g/mol. The summed E-state index contributed by atoms with van der Waals surface area (Å²) in [5, 5.41) is 8.00. The second kappa shape index (κ2) is 11.8. The smallest absolute Gasteiger partial charge is 0.253 e. The molecule has 0 saturated heterocycles. The molecule has 6 nitrogen and oxygen atoms in total. The lowest BCUT2D eigenvalue weighted by atomic mass is 10.0. The maximum Gasteiger partial charge on any atom is 0.253 e.